The Hall–Kier alpha value is -2.62. The molecule has 0 bridgehead atoms. The number of hydrogen-bond donors (Lipinski definition) is 2. The maximum atomic E-state index is 14.0. The van der Waals surface area contributed by atoms with Gasteiger partial charge in [-0.2, -0.15) is 0 Å². The largest absolute Gasteiger partial charge is 0.496 e. The number of nitrogens with zero attached hydrogens (tertiary/aromatic N) is 1. The minimum absolute atomic E-state index is 0.251. The van der Waals surface area contributed by atoms with Gasteiger partial charge in [0.15, 0.2) is 0 Å². The predicted octanol–water partition coefficient (Wildman–Crippen LogP) is 3.57. The van der Waals surface area contributed by atoms with Crippen LogP contribution >= 0.6 is 11.6 Å². The van der Waals surface area contributed by atoms with Gasteiger partial charge in [0, 0.05) is 28.2 Å². The summed E-state index contributed by atoms with van der Waals surface area (Å²) in [5, 5.41) is 10.9. The molecular formula is C24H27ClN2O6S. The standard InChI is InChI=1S/C24H27ClN2O6S/c1-33-19-9-5-6-16-20(19)21(24(29)30)22(14-10-12-15(25)13-11-14)27(23(16)28)18-8-4-3-7-17(18)26-34(2,31)32/h5-6,9-13,17-18,21-22,26H,3-4,7-8H2,1-2H3,(H,29,30)/t17-,18-,21+,22-/m0/s1. The zero-order valence-corrected chi connectivity index (χ0v) is 20.5. The summed E-state index contributed by atoms with van der Waals surface area (Å²) in [5.41, 5.74) is 1.17. The fourth-order valence-corrected chi connectivity index (χ4v) is 6.25. The van der Waals surface area contributed by atoms with Crippen LogP contribution in [-0.4, -0.2) is 55.7 Å². The Labute approximate surface area is 203 Å². The number of carbonyl (C=O) groups excluding carboxylic acids is 1. The molecule has 1 saturated carbocycles. The Morgan fingerprint density at radius 2 is 1.82 bits per heavy atom. The molecule has 1 aliphatic heterocycles. The molecule has 2 aliphatic rings. The normalized spacial score (nSPS) is 25.0. The number of sulfonamides is 1. The number of methoxy groups -OCH3 is 1. The quantitative estimate of drug-likeness (QED) is 0.619. The van der Waals surface area contributed by atoms with E-state index in [1.807, 2.05) is 0 Å². The van der Waals surface area contributed by atoms with Crippen LogP contribution in [0.4, 0.5) is 0 Å². The number of amides is 1. The van der Waals surface area contributed by atoms with Gasteiger partial charge in [-0.05, 0) is 42.7 Å². The van der Waals surface area contributed by atoms with Gasteiger partial charge in [-0.1, -0.05) is 42.6 Å². The van der Waals surface area contributed by atoms with Crippen LogP contribution in [0.3, 0.4) is 0 Å². The molecular weight excluding hydrogens is 480 g/mol. The van der Waals surface area contributed by atoms with Crippen molar-refractivity contribution in [2.24, 2.45) is 0 Å². The third-order valence-corrected chi connectivity index (χ3v) is 7.59. The van der Waals surface area contributed by atoms with Gasteiger partial charge in [0.05, 0.1) is 19.4 Å². The van der Waals surface area contributed by atoms with E-state index in [1.165, 1.54) is 7.11 Å². The Balaban J connectivity index is 1.94. The molecule has 182 valence electrons. The zero-order chi connectivity index (χ0) is 24.6. The van der Waals surface area contributed by atoms with Gasteiger partial charge >= 0.3 is 5.97 Å². The molecule has 4 atom stereocenters. The van der Waals surface area contributed by atoms with Crippen molar-refractivity contribution >= 4 is 33.5 Å². The second-order valence-electron chi connectivity index (χ2n) is 8.79. The Morgan fingerprint density at radius 3 is 2.44 bits per heavy atom. The molecule has 4 rings (SSSR count). The number of rotatable bonds is 6. The number of carboxylic acids is 1. The molecule has 0 saturated heterocycles. The number of aliphatic carboxylic acids is 1. The first-order valence-electron chi connectivity index (χ1n) is 11.1. The van der Waals surface area contributed by atoms with Crippen LogP contribution in [0.25, 0.3) is 0 Å². The summed E-state index contributed by atoms with van der Waals surface area (Å²) >= 11 is 6.09. The lowest BCUT2D eigenvalue weighted by molar-refractivity contribution is -0.141. The minimum Gasteiger partial charge on any atom is -0.496 e. The lowest BCUT2D eigenvalue weighted by Gasteiger charge is -2.48. The van der Waals surface area contributed by atoms with E-state index in [9.17, 15) is 23.1 Å². The zero-order valence-electron chi connectivity index (χ0n) is 18.9. The number of benzene rings is 2. The molecule has 0 unspecified atom stereocenters. The average Bonchev–Trinajstić information content (AvgIpc) is 2.78. The molecule has 34 heavy (non-hydrogen) atoms. The molecule has 0 spiro atoms. The van der Waals surface area contributed by atoms with Crippen molar-refractivity contribution in [3.05, 3.63) is 64.2 Å². The summed E-state index contributed by atoms with van der Waals surface area (Å²) < 4.78 is 32.4. The van der Waals surface area contributed by atoms with Gasteiger partial charge in [-0.15, -0.1) is 0 Å². The number of carbonyl (C=O) groups is 2. The van der Waals surface area contributed by atoms with Gasteiger partial charge in [-0.3, -0.25) is 9.59 Å². The maximum absolute atomic E-state index is 14.0. The van der Waals surface area contributed by atoms with E-state index >= 15 is 0 Å². The second kappa shape index (κ2) is 9.56. The Kier molecular flexibility index (Phi) is 6.89. The summed E-state index contributed by atoms with van der Waals surface area (Å²) in [6.45, 7) is 0. The second-order valence-corrected chi connectivity index (χ2v) is 11.0. The summed E-state index contributed by atoms with van der Waals surface area (Å²) in [5.74, 6) is -2.25. The molecule has 1 fully saturated rings. The van der Waals surface area contributed by atoms with Crippen molar-refractivity contribution in [2.75, 3.05) is 13.4 Å². The van der Waals surface area contributed by atoms with Gasteiger partial charge in [-0.25, -0.2) is 13.1 Å². The summed E-state index contributed by atoms with van der Waals surface area (Å²) in [6, 6.07) is 9.72. The number of carboxylic acid groups (broad SMARTS) is 1. The number of nitrogens with one attached hydrogen (secondary N) is 1. The van der Waals surface area contributed by atoms with Crippen molar-refractivity contribution in [1.29, 1.82) is 0 Å². The van der Waals surface area contributed by atoms with Crippen molar-refractivity contribution in [1.82, 2.24) is 9.62 Å². The SMILES string of the molecule is COc1cccc2c1[C@@H](C(=O)O)[C@H](c1ccc(Cl)cc1)N([C@H]1CCCC[C@@H]1NS(C)(=O)=O)C2=O. The molecule has 8 nitrogen and oxygen atoms in total. The van der Waals surface area contributed by atoms with E-state index in [4.69, 9.17) is 16.3 Å². The van der Waals surface area contributed by atoms with E-state index < -0.39 is 40.0 Å². The van der Waals surface area contributed by atoms with E-state index in [2.05, 4.69) is 4.72 Å². The number of ether oxygens (including phenoxy) is 1. The molecule has 2 N–H and O–H groups in total. The van der Waals surface area contributed by atoms with Gasteiger partial charge < -0.3 is 14.7 Å². The van der Waals surface area contributed by atoms with E-state index in [0.717, 1.165) is 19.1 Å². The smallest absolute Gasteiger partial charge is 0.313 e. The topological polar surface area (TPSA) is 113 Å². The van der Waals surface area contributed by atoms with E-state index in [0.29, 0.717) is 34.7 Å². The fourth-order valence-electron chi connectivity index (χ4n) is 5.30. The van der Waals surface area contributed by atoms with Crippen LogP contribution in [0.2, 0.25) is 5.02 Å². The minimum atomic E-state index is -3.54. The molecule has 1 aliphatic carbocycles. The van der Waals surface area contributed by atoms with Crippen LogP contribution in [0, 0.1) is 0 Å². The van der Waals surface area contributed by atoms with Crippen LogP contribution in [0.1, 0.15) is 59.1 Å². The number of hydrogen-bond acceptors (Lipinski definition) is 5. The highest BCUT2D eigenvalue weighted by molar-refractivity contribution is 7.88. The predicted molar refractivity (Wildman–Crippen MR) is 128 cm³/mol. The van der Waals surface area contributed by atoms with E-state index in [-0.39, 0.29) is 11.5 Å². The van der Waals surface area contributed by atoms with Gasteiger partial charge in [0.1, 0.15) is 11.7 Å². The fraction of sp³-hybridized carbons (Fsp3) is 0.417. The van der Waals surface area contributed by atoms with Gasteiger partial charge in [0.2, 0.25) is 10.0 Å². The molecule has 1 amide bonds. The lowest BCUT2D eigenvalue weighted by atomic mass is 9.76. The lowest BCUT2D eigenvalue weighted by Crippen LogP contribution is -2.58. The number of fused-ring (bicyclic) bond motifs is 1. The first-order chi connectivity index (χ1) is 16.1. The third-order valence-electron chi connectivity index (χ3n) is 6.61. The molecule has 2 aromatic rings. The number of halogens is 1. The molecule has 0 radical (unpaired) electrons. The highest BCUT2D eigenvalue weighted by Gasteiger charge is 2.50. The molecule has 1 heterocycles. The van der Waals surface area contributed by atoms with Crippen molar-refractivity contribution in [3.8, 4) is 5.75 Å². The van der Waals surface area contributed by atoms with Crippen LogP contribution in [-0.2, 0) is 14.8 Å². The van der Waals surface area contributed by atoms with Crippen molar-refractivity contribution < 1.29 is 27.9 Å². The summed E-state index contributed by atoms with van der Waals surface area (Å²) in [7, 11) is -2.10. The van der Waals surface area contributed by atoms with Crippen molar-refractivity contribution in [3.63, 3.8) is 0 Å². The monoisotopic (exact) mass is 506 g/mol. The summed E-state index contributed by atoms with van der Waals surface area (Å²) in [6.07, 6.45) is 3.80. The Bertz CT molecular complexity index is 1200. The van der Waals surface area contributed by atoms with Crippen molar-refractivity contribution in [2.45, 2.75) is 49.7 Å². The summed E-state index contributed by atoms with van der Waals surface area (Å²) in [4.78, 5) is 28.3. The first kappa shape index (κ1) is 24.5. The molecule has 2 aromatic carbocycles. The van der Waals surface area contributed by atoms with Gasteiger partial charge in [0.25, 0.3) is 5.91 Å². The van der Waals surface area contributed by atoms with Crippen LogP contribution in [0.15, 0.2) is 42.5 Å². The highest BCUT2D eigenvalue weighted by atomic mass is 35.5. The van der Waals surface area contributed by atoms with Crippen LogP contribution < -0.4 is 9.46 Å². The highest BCUT2D eigenvalue weighted by Crippen LogP contribution is 2.48. The van der Waals surface area contributed by atoms with E-state index in [1.54, 1.807) is 47.4 Å². The van der Waals surface area contributed by atoms with Crippen LogP contribution in [0.5, 0.6) is 5.75 Å². The molecule has 0 aromatic heterocycles. The third kappa shape index (κ3) is 4.64. The Morgan fingerprint density at radius 1 is 1.15 bits per heavy atom. The molecule has 10 heteroatoms. The first-order valence-corrected chi connectivity index (χ1v) is 13.3. The maximum Gasteiger partial charge on any atom is 0.313 e. The average molecular weight is 507 g/mol.